The summed E-state index contributed by atoms with van der Waals surface area (Å²) in [5.74, 6) is -0.124. The largest absolute Gasteiger partial charge is 0.496 e. The number of halogens is 1. The van der Waals surface area contributed by atoms with Gasteiger partial charge in [0.2, 0.25) is 0 Å². The number of nitro groups is 1. The molecule has 0 bridgehead atoms. The zero-order chi connectivity index (χ0) is 16.1. The van der Waals surface area contributed by atoms with Gasteiger partial charge in [-0.2, -0.15) is 0 Å². The average molecular weight is 321 g/mol. The molecule has 0 heterocycles. The van der Waals surface area contributed by atoms with Crippen molar-refractivity contribution in [1.82, 2.24) is 0 Å². The maximum atomic E-state index is 13.5. The lowest BCUT2D eigenvalue weighted by Gasteiger charge is -2.12. The molecule has 0 atom stereocenters. The van der Waals surface area contributed by atoms with Crippen LogP contribution in [0, 0.1) is 15.9 Å². The number of thiocarbonyl (C=S) groups is 1. The van der Waals surface area contributed by atoms with E-state index in [0.29, 0.717) is 5.75 Å². The number of ether oxygens (including phenoxy) is 1. The predicted octanol–water partition coefficient (Wildman–Crippen LogP) is 3.55. The molecular formula is C14H12FN3O3S. The van der Waals surface area contributed by atoms with Gasteiger partial charge in [-0.1, -0.05) is 12.1 Å². The van der Waals surface area contributed by atoms with Crippen molar-refractivity contribution >= 4 is 34.4 Å². The Labute approximate surface area is 131 Å². The zero-order valence-electron chi connectivity index (χ0n) is 11.5. The van der Waals surface area contributed by atoms with Crippen LogP contribution in [-0.4, -0.2) is 17.1 Å². The number of nitrogens with zero attached hydrogens (tertiary/aromatic N) is 1. The van der Waals surface area contributed by atoms with Gasteiger partial charge in [0.05, 0.1) is 23.8 Å². The van der Waals surface area contributed by atoms with Crippen molar-refractivity contribution in [2.24, 2.45) is 0 Å². The van der Waals surface area contributed by atoms with Crippen LogP contribution < -0.4 is 15.4 Å². The van der Waals surface area contributed by atoms with Gasteiger partial charge in [0.25, 0.3) is 5.69 Å². The number of benzene rings is 2. The number of nitro benzene ring substituents is 1. The van der Waals surface area contributed by atoms with Gasteiger partial charge in [-0.15, -0.1) is 0 Å². The SMILES string of the molecule is COc1ccc(NC(=S)Nc2ccccc2F)c([N+](=O)[O-])c1. The topological polar surface area (TPSA) is 76.4 Å². The van der Waals surface area contributed by atoms with Crippen molar-refractivity contribution < 1.29 is 14.1 Å². The molecule has 8 heteroatoms. The zero-order valence-corrected chi connectivity index (χ0v) is 12.3. The van der Waals surface area contributed by atoms with E-state index in [0.717, 1.165) is 0 Å². The maximum absolute atomic E-state index is 13.5. The number of hydrogen-bond acceptors (Lipinski definition) is 4. The summed E-state index contributed by atoms with van der Waals surface area (Å²) in [7, 11) is 1.41. The Morgan fingerprint density at radius 3 is 2.55 bits per heavy atom. The monoisotopic (exact) mass is 321 g/mol. The molecule has 2 N–H and O–H groups in total. The summed E-state index contributed by atoms with van der Waals surface area (Å²) in [6.07, 6.45) is 0. The second-order valence-electron chi connectivity index (χ2n) is 4.20. The van der Waals surface area contributed by atoms with Crippen LogP contribution in [0.4, 0.5) is 21.5 Å². The highest BCUT2D eigenvalue weighted by molar-refractivity contribution is 7.80. The Hall–Kier alpha value is -2.74. The smallest absolute Gasteiger partial charge is 0.296 e. The van der Waals surface area contributed by atoms with Crippen molar-refractivity contribution in [2.45, 2.75) is 0 Å². The summed E-state index contributed by atoms with van der Waals surface area (Å²) < 4.78 is 18.5. The summed E-state index contributed by atoms with van der Waals surface area (Å²) >= 11 is 5.04. The molecule has 0 aliphatic rings. The van der Waals surface area contributed by atoms with Crippen LogP contribution in [0.1, 0.15) is 0 Å². The highest BCUT2D eigenvalue weighted by Crippen LogP contribution is 2.29. The van der Waals surface area contributed by atoms with Gasteiger partial charge in [-0.05, 0) is 36.5 Å². The first-order chi connectivity index (χ1) is 10.5. The van der Waals surface area contributed by atoms with Gasteiger partial charge in [-0.25, -0.2) is 4.39 Å². The molecule has 0 saturated heterocycles. The molecule has 114 valence electrons. The van der Waals surface area contributed by atoms with E-state index in [4.69, 9.17) is 17.0 Å². The molecule has 0 spiro atoms. The molecule has 0 unspecified atom stereocenters. The second-order valence-corrected chi connectivity index (χ2v) is 4.61. The van der Waals surface area contributed by atoms with E-state index in [1.54, 1.807) is 18.2 Å². The summed E-state index contributed by atoms with van der Waals surface area (Å²) in [4.78, 5) is 10.5. The maximum Gasteiger partial charge on any atom is 0.296 e. The number of hydrogen-bond donors (Lipinski definition) is 2. The Morgan fingerprint density at radius 2 is 1.91 bits per heavy atom. The highest BCUT2D eigenvalue weighted by Gasteiger charge is 2.16. The third-order valence-corrected chi connectivity index (χ3v) is 2.98. The van der Waals surface area contributed by atoms with Gasteiger partial charge in [-0.3, -0.25) is 10.1 Å². The van der Waals surface area contributed by atoms with E-state index in [1.165, 1.54) is 31.4 Å². The highest BCUT2D eigenvalue weighted by atomic mass is 32.1. The molecule has 2 aromatic rings. The first kappa shape index (κ1) is 15.6. The summed E-state index contributed by atoms with van der Waals surface area (Å²) in [5.41, 5.74) is 0.160. The summed E-state index contributed by atoms with van der Waals surface area (Å²) in [6, 6.07) is 10.3. The fraction of sp³-hybridized carbons (Fsp3) is 0.0714. The number of methoxy groups -OCH3 is 1. The molecular weight excluding hydrogens is 309 g/mol. The normalized spacial score (nSPS) is 9.91. The van der Waals surface area contributed by atoms with E-state index in [9.17, 15) is 14.5 Å². The summed E-state index contributed by atoms with van der Waals surface area (Å²) in [5, 5.41) is 16.4. The van der Waals surface area contributed by atoms with Crippen LogP contribution in [-0.2, 0) is 0 Å². The fourth-order valence-corrected chi connectivity index (χ4v) is 1.95. The molecule has 22 heavy (non-hydrogen) atoms. The van der Waals surface area contributed by atoms with E-state index >= 15 is 0 Å². The Balaban J connectivity index is 2.18. The van der Waals surface area contributed by atoms with Crippen LogP contribution in [0.25, 0.3) is 0 Å². The van der Waals surface area contributed by atoms with E-state index in [-0.39, 0.29) is 22.2 Å². The Morgan fingerprint density at radius 1 is 1.23 bits per heavy atom. The molecule has 0 aliphatic heterocycles. The molecule has 6 nitrogen and oxygen atoms in total. The number of para-hydroxylation sites is 1. The van der Waals surface area contributed by atoms with Crippen molar-refractivity contribution in [3.8, 4) is 5.75 Å². The number of anilines is 2. The van der Waals surface area contributed by atoms with Crippen molar-refractivity contribution in [3.63, 3.8) is 0 Å². The minimum absolute atomic E-state index is 0.0402. The lowest BCUT2D eigenvalue weighted by molar-refractivity contribution is -0.384. The lowest BCUT2D eigenvalue weighted by Crippen LogP contribution is -2.20. The fourth-order valence-electron chi connectivity index (χ4n) is 1.73. The lowest BCUT2D eigenvalue weighted by atomic mass is 10.2. The van der Waals surface area contributed by atoms with Gasteiger partial charge >= 0.3 is 0 Å². The average Bonchev–Trinajstić information content (AvgIpc) is 2.49. The summed E-state index contributed by atoms with van der Waals surface area (Å²) in [6.45, 7) is 0. The molecule has 2 rings (SSSR count). The molecule has 0 saturated carbocycles. The van der Waals surface area contributed by atoms with E-state index in [2.05, 4.69) is 10.6 Å². The van der Waals surface area contributed by atoms with Crippen LogP contribution in [0.2, 0.25) is 0 Å². The molecule has 0 amide bonds. The van der Waals surface area contributed by atoms with Crippen LogP contribution in [0.3, 0.4) is 0 Å². The minimum atomic E-state index is -0.559. The standard InChI is InChI=1S/C14H12FN3O3S/c1-21-9-6-7-12(13(8-9)18(19)20)17-14(22)16-11-5-3-2-4-10(11)15/h2-8H,1H3,(H2,16,17,22). The van der Waals surface area contributed by atoms with Gasteiger partial charge < -0.3 is 15.4 Å². The number of nitrogens with one attached hydrogen (secondary N) is 2. The Kier molecular flexibility index (Phi) is 4.84. The third kappa shape index (κ3) is 3.67. The molecule has 0 radical (unpaired) electrons. The van der Waals surface area contributed by atoms with Gasteiger partial charge in [0.1, 0.15) is 17.3 Å². The molecule has 0 aliphatic carbocycles. The van der Waals surface area contributed by atoms with Crippen LogP contribution in [0.15, 0.2) is 42.5 Å². The Bertz CT molecular complexity index is 724. The van der Waals surface area contributed by atoms with Crippen molar-refractivity contribution in [2.75, 3.05) is 17.7 Å². The van der Waals surface area contributed by atoms with Gasteiger partial charge in [0.15, 0.2) is 5.11 Å². The van der Waals surface area contributed by atoms with E-state index < -0.39 is 10.7 Å². The molecule has 0 fully saturated rings. The first-order valence-electron chi connectivity index (χ1n) is 6.16. The van der Waals surface area contributed by atoms with Gasteiger partial charge in [0, 0.05) is 0 Å². The minimum Gasteiger partial charge on any atom is -0.496 e. The van der Waals surface area contributed by atoms with Crippen molar-refractivity contribution in [1.29, 1.82) is 0 Å². The molecule has 2 aromatic carbocycles. The predicted molar refractivity (Wildman–Crippen MR) is 85.9 cm³/mol. The second kappa shape index (κ2) is 6.81. The third-order valence-electron chi connectivity index (χ3n) is 2.77. The quantitative estimate of drug-likeness (QED) is 0.509. The first-order valence-corrected chi connectivity index (χ1v) is 6.57. The number of rotatable bonds is 4. The van der Waals surface area contributed by atoms with Crippen LogP contribution in [0.5, 0.6) is 5.75 Å². The van der Waals surface area contributed by atoms with Crippen LogP contribution >= 0.6 is 12.2 Å². The van der Waals surface area contributed by atoms with E-state index in [1.807, 2.05) is 0 Å². The molecule has 0 aromatic heterocycles. The van der Waals surface area contributed by atoms with Crippen molar-refractivity contribution in [3.05, 3.63) is 58.4 Å².